The van der Waals surface area contributed by atoms with E-state index < -0.39 is 30.0 Å². The van der Waals surface area contributed by atoms with Gasteiger partial charge in [-0.2, -0.15) is 13.5 Å². The van der Waals surface area contributed by atoms with E-state index in [0.717, 1.165) is 13.1 Å². The fourth-order valence-corrected chi connectivity index (χ4v) is 27.6. The van der Waals surface area contributed by atoms with Crippen LogP contribution in [0.25, 0.3) is 0 Å². The number of hydrogen-bond donors (Lipinski definition) is 1. The minimum Gasteiger partial charge on any atom is -0.397 e. The molecule has 0 radical (unpaired) electrons. The lowest BCUT2D eigenvalue weighted by atomic mass is 10.1. The molecular formula is C36H95N14OP5. The molecule has 0 fully saturated rings. The molecule has 0 bridgehead atoms. The van der Waals surface area contributed by atoms with Crippen LogP contribution in [0, 0.1) is 0 Å². The fraction of sp³-hybridized carbons (Fsp3) is 1.00. The van der Waals surface area contributed by atoms with Crippen molar-refractivity contribution in [3.8, 4) is 0 Å². The first-order valence-corrected chi connectivity index (χ1v) is 28.1. The lowest BCUT2D eigenvalue weighted by Gasteiger charge is -2.46. The van der Waals surface area contributed by atoms with Crippen molar-refractivity contribution in [2.45, 2.75) is 97.8 Å². The molecule has 0 aliphatic carbocycles. The van der Waals surface area contributed by atoms with Crippen molar-refractivity contribution in [3.05, 3.63) is 0 Å². The highest BCUT2D eigenvalue weighted by Gasteiger charge is 2.41. The molecule has 15 nitrogen and oxygen atoms in total. The minimum atomic E-state index is -3.26. The van der Waals surface area contributed by atoms with Crippen LogP contribution in [-0.4, -0.2) is 198 Å². The summed E-state index contributed by atoms with van der Waals surface area (Å²) in [6, 6.07) is 0. The molecule has 0 aromatic carbocycles. The summed E-state index contributed by atoms with van der Waals surface area (Å²) in [5.74, 6) is 0. The normalized spacial score (nSPS) is 13.6. The van der Waals surface area contributed by atoms with Crippen molar-refractivity contribution in [2.24, 2.45) is 18.1 Å². The Morgan fingerprint density at radius 3 is 0.804 bits per heavy atom. The predicted octanol–water partition coefficient (Wildman–Crippen LogP) is 10.4. The fourth-order valence-electron chi connectivity index (χ4n) is 7.04. The quantitative estimate of drug-likeness (QED) is 0.0600. The zero-order chi connectivity index (χ0) is 43.9. The standard InChI is InChI=1S/C34H89N14P5.C2H6O/c1-21-23-25-27-29-31-33-48(34-32-30-28-26-24-22-2)49-35-50(36-51(39(3)4,40(5)6)41(7)8,37-52(42(9)10,43(11)12)44(13)14)38-53(45(15)16,46(17)18)47(19)20;1-2-3/h49H,21-34H2,1-20H3;3H,2H2,1H3. The van der Waals surface area contributed by atoms with E-state index >= 15 is 0 Å². The molecule has 0 saturated heterocycles. The monoisotopic (exact) mass is 895 g/mol. The Labute approximate surface area is 352 Å². The van der Waals surface area contributed by atoms with Gasteiger partial charge in [-0.05, 0) is 147 Å². The molecule has 0 aliphatic heterocycles. The molecule has 20 heteroatoms. The minimum absolute atomic E-state index is 0.212. The summed E-state index contributed by atoms with van der Waals surface area (Å²) in [6.45, 7) is 8.61. The maximum Gasteiger partial charge on any atom is 0.311 e. The van der Waals surface area contributed by atoms with Crippen LogP contribution in [0.1, 0.15) is 97.8 Å². The molecule has 0 amide bonds. The summed E-state index contributed by atoms with van der Waals surface area (Å²) in [5.41, 5.74) is 0. The number of unbranched alkanes of at least 4 members (excludes halogenated alkanes) is 10. The van der Waals surface area contributed by atoms with Gasteiger partial charge in [0, 0.05) is 19.7 Å². The zero-order valence-electron chi connectivity index (χ0n) is 40.6. The van der Waals surface area contributed by atoms with Gasteiger partial charge in [0.1, 0.15) is 0 Å². The van der Waals surface area contributed by atoms with Gasteiger partial charge < -0.3 is 5.11 Å². The molecule has 56 heavy (non-hydrogen) atoms. The van der Waals surface area contributed by atoms with Crippen molar-refractivity contribution in [1.29, 1.82) is 0 Å². The van der Waals surface area contributed by atoms with Gasteiger partial charge in [-0.1, -0.05) is 78.1 Å². The Morgan fingerprint density at radius 1 is 0.375 bits per heavy atom. The van der Waals surface area contributed by atoms with Gasteiger partial charge in [0.2, 0.25) is 0 Å². The molecule has 0 rings (SSSR count). The van der Waals surface area contributed by atoms with Crippen LogP contribution < -0.4 is 0 Å². The first kappa shape index (κ1) is 59.0. The van der Waals surface area contributed by atoms with Gasteiger partial charge in [0.05, 0.1) is 8.88 Å². The molecule has 1 N–H and O–H groups in total. The van der Waals surface area contributed by atoms with Crippen LogP contribution >= 0.6 is 38.9 Å². The number of aliphatic hydroxyl groups is 1. The zero-order valence-corrected chi connectivity index (χ0v) is 45.2. The molecule has 340 valence electrons. The van der Waals surface area contributed by atoms with Gasteiger partial charge in [-0.15, -0.1) is 0 Å². The van der Waals surface area contributed by atoms with Gasteiger partial charge in [-0.3, -0.25) is 46.7 Å². The topological polar surface area (TPSA) is 102 Å². The number of aliphatic hydroxyl groups excluding tert-OH is 1. The SMILES string of the molecule is CCCCCCCCN(CCCCCCCC)PN=P(N=P(N(C)C)(N(C)C)N(C)C)(N=P(N(C)C)(N(C)C)N(C)C)N=P(N(C)C)(N(C)C)N(C)C.CCO. The maximum absolute atomic E-state index is 7.57. The lowest BCUT2D eigenvalue weighted by molar-refractivity contribution is 0.318. The third-order valence-electron chi connectivity index (χ3n) is 9.43. The van der Waals surface area contributed by atoms with Crippen molar-refractivity contribution in [2.75, 3.05) is 147 Å². The van der Waals surface area contributed by atoms with E-state index in [2.05, 4.69) is 187 Å². The summed E-state index contributed by atoms with van der Waals surface area (Å²) in [4.78, 5) is 0. The molecule has 1 atom stereocenters. The smallest absolute Gasteiger partial charge is 0.311 e. The molecule has 0 heterocycles. The van der Waals surface area contributed by atoms with Crippen molar-refractivity contribution in [1.82, 2.24) is 46.7 Å². The van der Waals surface area contributed by atoms with Gasteiger partial charge in [0.15, 0.2) is 22.5 Å². The first-order valence-electron chi connectivity index (χ1n) is 20.8. The maximum atomic E-state index is 7.57. The van der Waals surface area contributed by atoms with E-state index in [9.17, 15) is 0 Å². The molecule has 1 unspecified atom stereocenters. The summed E-state index contributed by atoms with van der Waals surface area (Å²) in [7, 11) is 28.1. The van der Waals surface area contributed by atoms with Gasteiger partial charge in [0.25, 0.3) is 0 Å². The summed E-state index contributed by atoms with van der Waals surface area (Å²) in [5, 5.41) is 7.57. The van der Waals surface area contributed by atoms with Crippen LogP contribution in [0.15, 0.2) is 18.1 Å². The highest BCUT2D eigenvalue weighted by molar-refractivity contribution is 7.82. The third kappa shape index (κ3) is 17.7. The second-order valence-electron chi connectivity index (χ2n) is 16.1. The first-order chi connectivity index (χ1) is 26.0. The van der Waals surface area contributed by atoms with Crippen LogP contribution in [0.2, 0.25) is 0 Å². The average Bonchev–Trinajstić information content (AvgIpc) is 3.08. The van der Waals surface area contributed by atoms with E-state index in [1.54, 1.807) is 6.92 Å². The molecule has 0 aromatic rings. The molecular weight excluding hydrogens is 799 g/mol. The Balaban J connectivity index is 0. The van der Waals surface area contributed by atoms with Crippen molar-refractivity contribution in [3.63, 3.8) is 0 Å². The Bertz CT molecular complexity index is 1040. The van der Waals surface area contributed by atoms with Crippen LogP contribution in [-0.2, 0) is 0 Å². The molecule has 0 aliphatic rings. The summed E-state index contributed by atoms with van der Waals surface area (Å²) >= 11 is 0. The van der Waals surface area contributed by atoms with Crippen LogP contribution in [0.3, 0.4) is 0 Å². The van der Waals surface area contributed by atoms with Crippen LogP contribution in [0.4, 0.5) is 0 Å². The lowest BCUT2D eigenvalue weighted by Crippen LogP contribution is -2.32. The van der Waals surface area contributed by atoms with E-state index in [1.807, 2.05) is 0 Å². The average molecular weight is 895 g/mol. The largest absolute Gasteiger partial charge is 0.397 e. The van der Waals surface area contributed by atoms with E-state index in [1.165, 1.54) is 77.0 Å². The number of hydrogen-bond acceptors (Lipinski definition) is 3. The highest BCUT2D eigenvalue weighted by atomic mass is 31.3. The molecule has 0 aromatic heterocycles. The second kappa shape index (κ2) is 30.0. The van der Waals surface area contributed by atoms with E-state index in [-0.39, 0.29) is 15.5 Å². The summed E-state index contributed by atoms with van der Waals surface area (Å²) < 4.78 is 47.5. The summed E-state index contributed by atoms with van der Waals surface area (Å²) in [6.07, 6.45) is 15.4. The number of nitrogens with zero attached hydrogens (tertiary/aromatic N) is 14. The third-order valence-corrected chi connectivity index (χ3v) is 27.0. The Kier molecular flexibility index (Phi) is 31.7. The number of rotatable bonds is 28. The van der Waals surface area contributed by atoms with Crippen LogP contribution in [0.5, 0.6) is 0 Å². The highest BCUT2D eigenvalue weighted by Crippen LogP contribution is 2.78. The van der Waals surface area contributed by atoms with Crippen molar-refractivity contribution < 1.29 is 5.11 Å². The molecule has 0 saturated carbocycles. The van der Waals surface area contributed by atoms with E-state index in [4.69, 9.17) is 23.2 Å². The predicted molar refractivity (Wildman–Crippen MR) is 260 cm³/mol. The van der Waals surface area contributed by atoms with Gasteiger partial charge >= 0.3 is 7.51 Å². The Morgan fingerprint density at radius 2 is 0.589 bits per heavy atom. The van der Waals surface area contributed by atoms with E-state index in [0.29, 0.717) is 0 Å². The van der Waals surface area contributed by atoms with Crippen molar-refractivity contribution >= 4 is 38.9 Å². The Hall–Kier alpha value is 0.910. The van der Waals surface area contributed by atoms with Gasteiger partial charge in [-0.25, -0.2) is 4.52 Å². The molecule has 0 spiro atoms. The second-order valence-corrected chi connectivity index (χ2v) is 31.4.